The Hall–Kier alpha value is -1.41. The molecule has 3 rings (SSSR count). The van der Waals surface area contributed by atoms with E-state index in [1.807, 2.05) is 0 Å². The Morgan fingerprint density at radius 3 is 2.75 bits per heavy atom. The molecule has 1 atom stereocenters. The second-order valence-electron chi connectivity index (χ2n) is 6.19. The van der Waals surface area contributed by atoms with E-state index in [0.717, 1.165) is 38.9 Å². The monoisotopic (exact) mass is 275 g/mol. The van der Waals surface area contributed by atoms with Gasteiger partial charge in [-0.3, -0.25) is 4.79 Å². The van der Waals surface area contributed by atoms with Crippen LogP contribution in [-0.4, -0.2) is 30.8 Å². The quantitative estimate of drug-likeness (QED) is 0.754. The smallest absolute Gasteiger partial charge is 0.220 e. The first kappa shape index (κ1) is 13.6. The van der Waals surface area contributed by atoms with Crippen LogP contribution >= 0.6 is 0 Å². The zero-order valence-electron chi connectivity index (χ0n) is 11.7. The van der Waals surface area contributed by atoms with Gasteiger partial charge in [0.2, 0.25) is 5.91 Å². The molecule has 1 N–H and O–H groups in total. The number of rotatable bonds is 6. The first-order valence-corrected chi connectivity index (χ1v) is 7.43. The van der Waals surface area contributed by atoms with Gasteiger partial charge in [0.1, 0.15) is 0 Å². The minimum Gasteiger partial charge on any atom is -0.381 e. The number of hydrogen-bond acceptors (Lipinski definition) is 4. The lowest BCUT2D eigenvalue weighted by molar-refractivity contribution is -0.121. The van der Waals surface area contributed by atoms with E-state index >= 15 is 0 Å². The fourth-order valence-electron chi connectivity index (χ4n) is 3.13. The van der Waals surface area contributed by atoms with Crippen molar-refractivity contribution in [3.8, 4) is 12.3 Å². The molecule has 0 aromatic carbocycles. The third-order valence-corrected chi connectivity index (χ3v) is 4.82. The molecule has 2 aliphatic heterocycles. The summed E-state index contributed by atoms with van der Waals surface area (Å²) < 4.78 is 5.38. The topological polar surface area (TPSA) is 63.0 Å². The predicted octanol–water partition coefficient (Wildman–Crippen LogP) is 2.03. The van der Waals surface area contributed by atoms with Crippen molar-refractivity contribution in [3.05, 3.63) is 0 Å². The van der Waals surface area contributed by atoms with Gasteiger partial charge >= 0.3 is 0 Å². The van der Waals surface area contributed by atoms with E-state index in [-0.39, 0.29) is 11.6 Å². The van der Waals surface area contributed by atoms with Gasteiger partial charge in [0.15, 0.2) is 5.66 Å². The van der Waals surface area contributed by atoms with Crippen LogP contribution in [0.15, 0.2) is 10.2 Å². The summed E-state index contributed by atoms with van der Waals surface area (Å²) in [7, 11) is 0. The molecule has 108 valence electrons. The Morgan fingerprint density at radius 2 is 2.10 bits per heavy atom. The molecule has 1 aliphatic carbocycles. The number of carbonyl (C=O) groups excluding carboxylic acids is 1. The second kappa shape index (κ2) is 5.17. The number of ether oxygens (including phenoxy) is 1. The van der Waals surface area contributed by atoms with Crippen molar-refractivity contribution >= 4 is 5.91 Å². The number of nitrogens with zero attached hydrogens (tertiary/aromatic N) is 2. The molecule has 20 heavy (non-hydrogen) atoms. The van der Waals surface area contributed by atoms with Crippen molar-refractivity contribution in [2.45, 2.75) is 56.7 Å². The molecular weight excluding hydrogens is 254 g/mol. The Kier molecular flexibility index (Phi) is 3.51. The Balaban J connectivity index is 1.37. The van der Waals surface area contributed by atoms with E-state index in [9.17, 15) is 4.79 Å². The highest BCUT2D eigenvalue weighted by Crippen LogP contribution is 2.53. The van der Waals surface area contributed by atoms with Crippen LogP contribution in [0.4, 0.5) is 0 Å². The van der Waals surface area contributed by atoms with Crippen molar-refractivity contribution in [1.82, 2.24) is 5.32 Å². The molecule has 5 heteroatoms. The zero-order chi connectivity index (χ0) is 14.1. The summed E-state index contributed by atoms with van der Waals surface area (Å²) in [6.07, 6.45) is 11.1. The van der Waals surface area contributed by atoms with Crippen LogP contribution in [0.2, 0.25) is 0 Å². The molecule has 1 saturated carbocycles. The molecule has 0 aromatic rings. The Bertz CT molecular complexity index is 454. The number of amides is 1. The van der Waals surface area contributed by atoms with Crippen LogP contribution in [-0.2, 0) is 9.53 Å². The highest BCUT2D eigenvalue weighted by molar-refractivity contribution is 5.77. The van der Waals surface area contributed by atoms with Gasteiger partial charge in [0.25, 0.3) is 0 Å². The molecule has 5 nitrogen and oxygen atoms in total. The third kappa shape index (κ3) is 2.85. The van der Waals surface area contributed by atoms with Crippen LogP contribution in [0.25, 0.3) is 0 Å². The molecule has 2 heterocycles. The summed E-state index contributed by atoms with van der Waals surface area (Å²) in [4.78, 5) is 12.0. The first-order valence-electron chi connectivity index (χ1n) is 7.43. The number of terminal acetylenes is 1. The van der Waals surface area contributed by atoms with Gasteiger partial charge in [-0.05, 0) is 24.7 Å². The lowest BCUT2D eigenvalue weighted by atomic mass is 9.96. The van der Waals surface area contributed by atoms with E-state index in [2.05, 4.69) is 21.5 Å². The maximum Gasteiger partial charge on any atom is 0.220 e. The molecular formula is C15H21N3O2. The van der Waals surface area contributed by atoms with E-state index in [1.165, 1.54) is 0 Å². The van der Waals surface area contributed by atoms with E-state index in [1.54, 1.807) is 0 Å². The van der Waals surface area contributed by atoms with Gasteiger partial charge in [-0.2, -0.15) is 10.2 Å². The molecule has 3 aliphatic rings. The lowest BCUT2D eigenvalue weighted by Crippen LogP contribution is -2.32. The normalized spacial score (nSPS) is 27.9. The maximum absolute atomic E-state index is 12.0. The summed E-state index contributed by atoms with van der Waals surface area (Å²) >= 11 is 0. The van der Waals surface area contributed by atoms with Crippen LogP contribution in [0, 0.1) is 17.8 Å². The summed E-state index contributed by atoms with van der Waals surface area (Å²) in [6, 6.07) is 0.355. The van der Waals surface area contributed by atoms with E-state index in [4.69, 9.17) is 11.2 Å². The summed E-state index contributed by atoms with van der Waals surface area (Å²) in [5, 5.41) is 11.3. The van der Waals surface area contributed by atoms with Gasteiger partial charge in [-0.15, -0.1) is 12.3 Å². The zero-order valence-corrected chi connectivity index (χ0v) is 11.7. The molecule has 1 unspecified atom stereocenters. The van der Waals surface area contributed by atoms with Gasteiger partial charge in [0, 0.05) is 44.9 Å². The molecule has 1 spiro atoms. The second-order valence-corrected chi connectivity index (χ2v) is 6.19. The minimum atomic E-state index is -0.344. The van der Waals surface area contributed by atoms with Crippen LogP contribution in [0.5, 0.6) is 0 Å². The van der Waals surface area contributed by atoms with Gasteiger partial charge in [-0.1, -0.05) is 0 Å². The lowest BCUT2D eigenvalue weighted by Gasteiger charge is -2.23. The maximum atomic E-state index is 12.0. The highest BCUT2D eigenvalue weighted by atomic mass is 16.5. The average Bonchev–Trinajstić information content (AvgIpc) is 3.36. The van der Waals surface area contributed by atoms with Crippen molar-refractivity contribution < 1.29 is 9.53 Å². The number of nitrogens with one attached hydrogen (secondary N) is 1. The van der Waals surface area contributed by atoms with Crippen LogP contribution in [0.3, 0.4) is 0 Å². The summed E-state index contributed by atoms with van der Waals surface area (Å²) in [6.45, 7) is 1.67. The molecule has 0 bridgehead atoms. The first-order chi connectivity index (χ1) is 9.68. The van der Waals surface area contributed by atoms with Crippen molar-refractivity contribution in [2.24, 2.45) is 15.6 Å². The van der Waals surface area contributed by atoms with E-state index < -0.39 is 0 Å². The largest absolute Gasteiger partial charge is 0.381 e. The molecule has 0 radical (unpaired) electrons. The average molecular weight is 275 g/mol. The summed E-state index contributed by atoms with van der Waals surface area (Å²) in [5.74, 6) is 2.72. The fourth-order valence-corrected chi connectivity index (χ4v) is 3.13. The predicted molar refractivity (Wildman–Crippen MR) is 73.9 cm³/mol. The Morgan fingerprint density at radius 1 is 1.35 bits per heavy atom. The Labute approximate surface area is 119 Å². The van der Waals surface area contributed by atoms with Gasteiger partial charge < -0.3 is 10.1 Å². The van der Waals surface area contributed by atoms with Crippen LogP contribution in [0.1, 0.15) is 44.9 Å². The van der Waals surface area contributed by atoms with Crippen molar-refractivity contribution in [1.29, 1.82) is 0 Å². The SMILES string of the molecule is C#CCCC1(CCC(=O)NC2CC23CCOCC3)N=N1. The van der Waals surface area contributed by atoms with Crippen LogP contribution < -0.4 is 5.32 Å². The molecule has 2 fully saturated rings. The fraction of sp³-hybridized carbons (Fsp3) is 0.800. The molecule has 1 amide bonds. The number of hydrogen-bond donors (Lipinski definition) is 1. The highest BCUT2D eigenvalue weighted by Gasteiger charge is 2.55. The van der Waals surface area contributed by atoms with Gasteiger partial charge in [-0.25, -0.2) is 0 Å². The van der Waals surface area contributed by atoms with Crippen molar-refractivity contribution in [2.75, 3.05) is 13.2 Å². The standard InChI is InChI=1S/C15H21N3O2/c1-2-3-5-15(17-18-15)6-4-13(19)16-12-11-14(12)7-9-20-10-8-14/h1,12H,3-11H2,(H,16,19). The summed E-state index contributed by atoms with van der Waals surface area (Å²) in [5.41, 5.74) is -0.00692. The van der Waals surface area contributed by atoms with Crippen molar-refractivity contribution in [3.63, 3.8) is 0 Å². The number of carbonyl (C=O) groups is 1. The van der Waals surface area contributed by atoms with E-state index in [0.29, 0.717) is 30.7 Å². The van der Waals surface area contributed by atoms with Gasteiger partial charge in [0.05, 0.1) is 0 Å². The minimum absolute atomic E-state index is 0.121. The molecule has 1 saturated heterocycles. The third-order valence-electron chi connectivity index (χ3n) is 4.82. The molecule has 0 aromatic heterocycles.